The van der Waals surface area contributed by atoms with E-state index < -0.39 is 0 Å². The van der Waals surface area contributed by atoms with Crippen LogP contribution < -0.4 is 4.57 Å². The van der Waals surface area contributed by atoms with Gasteiger partial charge in [-0.15, -0.1) is 0 Å². The van der Waals surface area contributed by atoms with Crippen molar-refractivity contribution < 1.29 is 4.57 Å². The number of nitrogens with zero attached hydrogens (tertiary/aromatic N) is 1. The zero-order chi connectivity index (χ0) is 15.1. The van der Waals surface area contributed by atoms with Gasteiger partial charge in [0, 0.05) is 17.7 Å². The molecule has 0 aliphatic rings. The molecule has 0 N–H and O–H groups in total. The lowest BCUT2D eigenvalue weighted by molar-refractivity contribution is -0.633. The largest absolute Gasteiger partial charge is 0.213 e. The van der Waals surface area contributed by atoms with Crippen molar-refractivity contribution in [2.24, 2.45) is 7.05 Å². The van der Waals surface area contributed by atoms with E-state index in [0.717, 1.165) is 0 Å². The zero-order valence-corrected chi connectivity index (χ0v) is 12.9. The molecule has 0 aliphatic carbocycles. The topological polar surface area (TPSA) is 3.88 Å². The lowest BCUT2D eigenvalue weighted by atomic mass is 9.99. The molecule has 1 heteroatoms. The second-order valence-corrected chi connectivity index (χ2v) is 5.82. The first-order valence-corrected chi connectivity index (χ1v) is 7.62. The van der Waals surface area contributed by atoms with E-state index in [9.17, 15) is 0 Å². The van der Waals surface area contributed by atoms with Gasteiger partial charge in [0.05, 0.1) is 5.39 Å². The Morgan fingerprint density at radius 1 is 0.773 bits per heavy atom. The molecular weight excluding hydrogens is 266 g/mol. The van der Waals surface area contributed by atoms with Crippen LogP contribution in [0.1, 0.15) is 5.56 Å². The van der Waals surface area contributed by atoms with Crippen LogP contribution in [0.4, 0.5) is 0 Å². The molecular formula is C21H18N+. The Labute approximate surface area is 130 Å². The van der Waals surface area contributed by atoms with Crippen molar-refractivity contribution in [1.29, 1.82) is 0 Å². The third-order valence-electron chi connectivity index (χ3n) is 4.45. The summed E-state index contributed by atoms with van der Waals surface area (Å²) in [5.74, 6) is 0. The summed E-state index contributed by atoms with van der Waals surface area (Å²) in [4.78, 5) is 0. The van der Waals surface area contributed by atoms with Crippen LogP contribution in [-0.2, 0) is 7.05 Å². The minimum Gasteiger partial charge on any atom is -0.194 e. The summed E-state index contributed by atoms with van der Waals surface area (Å²) in [5.41, 5.74) is 5.10. The van der Waals surface area contributed by atoms with E-state index >= 15 is 0 Å². The van der Waals surface area contributed by atoms with E-state index in [4.69, 9.17) is 0 Å². The quantitative estimate of drug-likeness (QED) is 0.349. The average Bonchev–Trinajstić information content (AvgIpc) is 2.58. The highest BCUT2D eigenvalue weighted by Gasteiger charge is 2.17. The van der Waals surface area contributed by atoms with Crippen molar-refractivity contribution in [2.75, 3.05) is 0 Å². The Bertz CT molecular complexity index is 985. The molecule has 4 aromatic rings. The summed E-state index contributed by atoms with van der Waals surface area (Å²) >= 11 is 0. The first-order valence-electron chi connectivity index (χ1n) is 7.62. The maximum absolute atomic E-state index is 2.30. The molecule has 0 atom stereocenters. The van der Waals surface area contributed by atoms with Gasteiger partial charge in [-0.3, -0.25) is 0 Å². The van der Waals surface area contributed by atoms with Crippen LogP contribution in [0.25, 0.3) is 32.9 Å². The molecule has 0 amide bonds. The molecule has 0 fully saturated rings. The molecule has 4 rings (SSSR count). The molecule has 0 unspecified atom stereocenters. The van der Waals surface area contributed by atoms with Crippen molar-refractivity contribution >= 4 is 21.7 Å². The van der Waals surface area contributed by atoms with Gasteiger partial charge in [-0.1, -0.05) is 42.5 Å². The summed E-state index contributed by atoms with van der Waals surface area (Å²) in [6.45, 7) is 2.21. The van der Waals surface area contributed by atoms with E-state index in [1.165, 1.54) is 38.5 Å². The number of hydrogen-bond acceptors (Lipinski definition) is 0. The van der Waals surface area contributed by atoms with Crippen LogP contribution >= 0.6 is 0 Å². The van der Waals surface area contributed by atoms with Crippen LogP contribution in [0.5, 0.6) is 0 Å². The van der Waals surface area contributed by atoms with Crippen molar-refractivity contribution in [2.45, 2.75) is 6.92 Å². The Balaban J connectivity index is 2.13. The monoisotopic (exact) mass is 284 g/mol. The summed E-state index contributed by atoms with van der Waals surface area (Å²) in [6, 6.07) is 25.9. The van der Waals surface area contributed by atoms with Crippen molar-refractivity contribution in [3.05, 3.63) is 78.4 Å². The Morgan fingerprint density at radius 2 is 1.50 bits per heavy atom. The molecule has 22 heavy (non-hydrogen) atoms. The van der Waals surface area contributed by atoms with Crippen LogP contribution in [0.3, 0.4) is 0 Å². The fraction of sp³-hybridized carbons (Fsp3) is 0.0952. The minimum absolute atomic E-state index is 1.25. The van der Waals surface area contributed by atoms with Gasteiger partial charge >= 0.3 is 0 Å². The molecule has 0 spiro atoms. The van der Waals surface area contributed by atoms with Crippen LogP contribution in [0.2, 0.25) is 0 Å². The predicted molar refractivity (Wildman–Crippen MR) is 92.8 cm³/mol. The van der Waals surface area contributed by atoms with Gasteiger partial charge in [0.15, 0.2) is 0 Å². The summed E-state index contributed by atoms with van der Waals surface area (Å²) in [7, 11) is 2.15. The predicted octanol–water partition coefficient (Wildman–Crippen LogP) is 4.79. The van der Waals surface area contributed by atoms with E-state index in [1.807, 2.05) is 0 Å². The first kappa shape index (κ1) is 13.0. The van der Waals surface area contributed by atoms with Gasteiger partial charge in [-0.25, -0.2) is 0 Å². The van der Waals surface area contributed by atoms with Crippen molar-refractivity contribution in [3.8, 4) is 11.3 Å². The Morgan fingerprint density at radius 3 is 2.32 bits per heavy atom. The van der Waals surface area contributed by atoms with Gasteiger partial charge in [-0.05, 0) is 41.5 Å². The summed E-state index contributed by atoms with van der Waals surface area (Å²) in [5, 5.41) is 3.97. The smallest absolute Gasteiger partial charge is 0.194 e. The van der Waals surface area contributed by atoms with Crippen LogP contribution in [-0.4, -0.2) is 0 Å². The van der Waals surface area contributed by atoms with Gasteiger partial charge < -0.3 is 0 Å². The van der Waals surface area contributed by atoms with Gasteiger partial charge in [0.25, 0.3) is 0 Å². The standard InChI is InChI=1S/C21H18N/c1-15-14-20(17-9-4-3-5-10-17)22(2)19-13-12-16-8-6-7-11-18(16)21(15)19/h3-14H,1-2H3/q+1. The fourth-order valence-electron chi connectivity index (χ4n) is 3.34. The minimum atomic E-state index is 1.25. The van der Waals surface area contributed by atoms with Crippen LogP contribution in [0.15, 0.2) is 72.8 Å². The maximum atomic E-state index is 2.30. The highest BCUT2D eigenvalue weighted by molar-refractivity contribution is 6.07. The van der Waals surface area contributed by atoms with E-state index in [1.54, 1.807) is 0 Å². The normalized spacial score (nSPS) is 11.2. The second kappa shape index (κ2) is 4.96. The molecule has 0 saturated carbocycles. The number of hydrogen-bond donors (Lipinski definition) is 0. The number of rotatable bonds is 1. The third-order valence-corrected chi connectivity index (χ3v) is 4.45. The SMILES string of the molecule is Cc1cc(-c2ccccc2)[n+](C)c2ccc3ccccc3c12. The summed E-state index contributed by atoms with van der Waals surface area (Å²) in [6.07, 6.45) is 0. The molecule has 106 valence electrons. The zero-order valence-electron chi connectivity index (χ0n) is 12.9. The molecule has 0 bridgehead atoms. The van der Waals surface area contributed by atoms with E-state index in [0.29, 0.717) is 0 Å². The van der Waals surface area contributed by atoms with E-state index in [2.05, 4.69) is 91.3 Å². The molecule has 1 heterocycles. The van der Waals surface area contributed by atoms with Gasteiger partial charge in [0.2, 0.25) is 11.2 Å². The van der Waals surface area contributed by atoms with Crippen molar-refractivity contribution in [1.82, 2.24) is 0 Å². The number of benzene rings is 3. The fourth-order valence-corrected chi connectivity index (χ4v) is 3.34. The summed E-state index contributed by atoms with van der Waals surface area (Å²) < 4.78 is 2.30. The van der Waals surface area contributed by atoms with Gasteiger partial charge in [0.1, 0.15) is 7.05 Å². The number of aryl methyl sites for hydroxylation is 2. The van der Waals surface area contributed by atoms with E-state index in [-0.39, 0.29) is 0 Å². The molecule has 1 nitrogen and oxygen atoms in total. The lowest BCUT2D eigenvalue weighted by Gasteiger charge is -2.09. The lowest BCUT2D eigenvalue weighted by Crippen LogP contribution is -2.32. The highest BCUT2D eigenvalue weighted by atomic mass is 14.9. The highest BCUT2D eigenvalue weighted by Crippen LogP contribution is 2.28. The molecule has 0 saturated heterocycles. The number of aromatic nitrogens is 1. The van der Waals surface area contributed by atoms with Gasteiger partial charge in [-0.2, -0.15) is 4.57 Å². The Kier molecular flexibility index (Phi) is 2.93. The first-order chi connectivity index (χ1) is 10.8. The number of pyridine rings is 1. The average molecular weight is 284 g/mol. The molecule has 1 aromatic heterocycles. The molecule has 0 radical (unpaired) electrons. The third kappa shape index (κ3) is 1.90. The van der Waals surface area contributed by atoms with Crippen molar-refractivity contribution in [3.63, 3.8) is 0 Å². The Hall–Kier alpha value is -2.67. The van der Waals surface area contributed by atoms with Crippen LogP contribution in [0, 0.1) is 6.92 Å². The number of fused-ring (bicyclic) bond motifs is 3. The molecule has 3 aromatic carbocycles. The maximum Gasteiger partial charge on any atom is 0.213 e. The second-order valence-electron chi connectivity index (χ2n) is 5.82. The molecule has 0 aliphatic heterocycles.